The molecule has 10 nitrogen and oxygen atoms in total. The van der Waals surface area contributed by atoms with Crippen molar-refractivity contribution in [1.29, 1.82) is 0 Å². The van der Waals surface area contributed by atoms with Crippen molar-refractivity contribution in [3.63, 3.8) is 0 Å². The number of halogens is 1. The highest BCUT2D eigenvalue weighted by Gasteiger charge is 2.42. The van der Waals surface area contributed by atoms with Crippen LogP contribution in [0.5, 0.6) is 0 Å². The zero-order chi connectivity index (χ0) is 24.6. The Hall–Kier alpha value is -4.04. The zero-order valence-electron chi connectivity index (χ0n) is 19.5. The third kappa shape index (κ3) is 4.59. The van der Waals surface area contributed by atoms with Gasteiger partial charge in [0.25, 0.3) is 5.91 Å². The number of nitrogens with two attached hydrogens (primary N) is 2. The van der Waals surface area contributed by atoms with Gasteiger partial charge in [-0.3, -0.25) is 9.48 Å². The van der Waals surface area contributed by atoms with E-state index in [2.05, 4.69) is 31.9 Å². The Labute approximate surface area is 213 Å². The summed E-state index contributed by atoms with van der Waals surface area (Å²) >= 11 is 0. The Morgan fingerprint density at radius 3 is 2.78 bits per heavy atom. The van der Waals surface area contributed by atoms with Crippen LogP contribution in [0, 0.1) is 11.8 Å². The number of aromatic nitrogens is 5. The average Bonchev–Trinajstić information content (AvgIpc) is 3.44. The van der Waals surface area contributed by atoms with Crippen molar-refractivity contribution in [2.45, 2.75) is 18.6 Å². The first kappa shape index (κ1) is 25.1. The molecule has 0 saturated carbocycles. The summed E-state index contributed by atoms with van der Waals surface area (Å²) in [6, 6.07) is 7.30. The van der Waals surface area contributed by atoms with E-state index in [1.165, 1.54) is 4.90 Å². The van der Waals surface area contributed by atoms with Crippen LogP contribution in [0.3, 0.4) is 0 Å². The maximum absolute atomic E-state index is 12.2. The van der Waals surface area contributed by atoms with E-state index in [4.69, 9.17) is 11.5 Å². The largest absolute Gasteiger partial charge is 0.382 e. The summed E-state index contributed by atoms with van der Waals surface area (Å²) < 4.78 is 1.77. The number of aliphatic hydroxyl groups is 1. The molecule has 1 fully saturated rings. The van der Waals surface area contributed by atoms with E-state index in [1.54, 1.807) is 36.4 Å². The molecule has 1 amide bonds. The normalized spacial score (nSPS) is 17.1. The third-order valence-corrected chi connectivity index (χ3v) is 6.00. The molecule has 1 aliphatic heterocycles. The third-order valence-electron chi connectivity index (χ3n) is 6.00. The van der Waals surface area contributed by atoms with Gasteiger partial charge in [-0.15, -0.1) is 12.4 Å². The molecule has 5 rings (SSSR count). The fourth-order valence-corrected chi connectivity index (χ4v) is 4.05. The molecule has 0 spiro atoms. The number of likely N-dealkylation sites (N-methyl/N-ethyl adjacent to an activating group) is 1. The maximum atomic E-state index is 12.2. The number of likely N-dealkylation sites (tertiary alicyclic amines) is 1. The van der Waals surface area contributed by atoms with Crippen LogP contribution in [-0.2, 0) is 11.3 Å². The molecule has 1 aromatic carbocycles. The minimum Gasteiger partial charge on any atom is -0.382 e. The Balaban J connectivity index is 0.00000304. The second-order valence-electron chi connectivity index (χ2n) is 8.46. The van der Waals surface area contributed by atoms with Crippen molar-refractivity contribution < 1.29 is 9.90 Å². The predicted octanol–water partition coefficient (Wildman–Crippen LogP) is 1.46. The lowest BCUT2D eigenvalue weighted by Gasteiger charge is -2.13. The van der Waals surface area contributed by atoms with Crippen LogP contribution in [0.25, 0.3) is 33.4 Å². The molecule has 4 heterocycles. The number of anilines is 1. The molecule has 1 atom stereocenters. The van der Waals surface area contributed by atoms with Gasteiger partial charge in [0.05, 0.1) is 12.7 Å². The summed E-state index contributed by atoms with van der Waals surface area (Å²) in [4.78, 5) is 27.2. The van der Waals surface area contributed by atoms with Gasteiger partial charge < -0.3 is 21.5 Å². The number of nitrogen functional groups attached to an aromatic ring is 1. The topological polar surface area (TPSA) is 149 Å². The smallest absolute Gasteiger partial charge is 0.267 e. The first-order valence-electron chi connectivity index (χ1n) is 11.1. The van der Waals surface area contributed by atoms with Gasteiger partial charge in [0.2, 0.25) is 5.60 Å². The lowest BCUT2D eigenvalue weighted by molar-refractivity contribution is -0.137. The predicted molar refractivity (Wildman–Crippen MR) is 139 cm³/mol. The highest BCUT2D eigenvalue weighted by atomic mass is 35.5. The fraction of sp³-hybridized carbons (Fsp3) is 0.240. The van der Waals surface area contributed by atoms with Gasteiger partial charge in [0, 0.05) is 72.8 Å². The molecule has 0 bridgehead atoms. The molecule has 0 radical (unpaired) electrons. The SMILES string of the molecule is CN1CC[C@@](O)(C#Cc2cccc(-c3ncc4c(-c5cnn(CCN)c5)cnc(N)c4n3)c2)C1=O.Cl. The Morgan fingerprint density at radius 2 is 2.03 bits per heavy atom. The van der Waals surface area contributed by atoms with Crippen LogP contribution in [0.1, 0.15) is 12.0 Å². The number of pyridine rings is 1. The summed E-state index contributed by atoms with van der Waals surface area (Å²) in [7, 11) is 1.65. The first-order valence-corrected chi connectivity index (χ1v) is 11.1. The van der Waals surface area contributed by atoms with Crippen LogP contribution in [0.15, 0.2) is 49.1 Å². The summed E-state index contributed by atoms with van der Waals surface area (Å²) in [6.45, 7) is 1.58. The highest BCUT2D eigenvalue weighted by Crippen LogP contribution is 2.30. The minimum absolute atomic E-state index is 0. The van der Waals surface area contributed by atoms with Gasteiger partial charge in [-0.2, -0.15) is 5.10 Å². The molecular weight excluding hydrogens is 480 g/mol. The van der Waals surface area contributed by atoms with Gasteiger partial charge in [-0.25, -0.2) is 15.0 Å². The van der Waals surface area contributed by atoms with Crippen LogP contribution in [0.4, 0.5) is 5.82 Å². The highest BCUT2D eigenvalue weighted by molar-refractivity contribution is 5.98. The van der Waals surface area contributed by atoms with E-state index >= 15 is 0 Å². The number of hydrogen-bond acceptors (Lipinski definition) is 8. The van der Waals surface area contributed by atoms with E-state index in [9.17, 15) is 9.90 Å². The molecule has 4 aromatic rings. The molecule has 36 heavy (non-hydrogen) atoms. The number of nitrogens with zero attached hydrogens (tertiary/aromatic N) is 6. The van der Waals surface area contributed by atoms with E-state index in [0.717, 1.165) is 22.1 Å². The van der Waals surface area contributed by atoms with Crippen LogP contribution in [-0.4, -0.2) is 66.4 Å². The number of carbonyl (C=O) groups is 1. The van der Waals surface area contributed by atoms with Crippen LogP contribution < -0.4 is 11.5 Å². The summed E-state index contributed by atoms with van der Waals surface area (Å²) in [5.41, 5.74) is 13.7. The molecule has 11 heteroatoms. The molecule has 184 valence electrons. The lowest BCUT2D eigenvalue weighted by Crippen LogP contribution is -2.37. The Morgan fingerprint density at radius 1 is 1.19 bits per heavy atom. The Kier molecular flexibility index (Phi) is 6.90. The van der Waals surface area contributed by atoms with Gasteiger partial charge in [0.15, 0.2) is 5.82 Å². The van der Waals surface area contributed by atoms with Crippen LogP contribution in [0.2, 0.25) is 0 Å². The standard InChI is InChI=1S/C25H24N8O2.ClH/c1-32-9-7-25(35,24(32)34)6-5-16-3-2-4-17(11-16)23-29-14-20-19(13-28-22(27)21(20)31-23)18-12-30-33(15-18)10-8-26;/h2-4,11-15,35H,7-10,26H2,1H3,(H2,27,28);1H/t25-;/m0./s1. The van der Waals surface area contributed by atoms with Gasteiger partial charge >= 0.3 is 0 Å². The van der Waals surface area contributed by atoms with Crippen molar-refractivity contribution in [1.82, 2.24) is 29.6 Å². The first-order chi connectivity index (χ1) is 16.9. The van der Waals surface area contributed by atoms with Crippen molar-refractivity contribution in [2.75, 3.05) is 25.9 Å². The maximum Gasteiger partial charge on any atom is 0.267 e. The van der Waals surface area contributed by atoms with E-state index < -0.39 is 5.60 Å². The summed E-state index contributed by atoms with van der Waals surface area (Å²) in [5, 5.41) is 15.6. The number of hydrogen-bond donors (Lipinski definition) is 3. The van der Waals surface area contributed by atoms with Crippen molar-refractivity contribution >= 4 is 35.0 Å². The molecule has 3 aromatic heterocycles. The van der Waals surface area contributed by atoms with Crippen molar-refractivity contribution in [2.24, 2.45) is 5.73 Å². The lowest BCUT2D eigenvalue weighted by atomic mass is 10.0. The molecule has 5 N–H and O–H groups in total. The average molecular weight is 505 g/mol. The monoisotopic (exact) mass is 504 g/mol. The van der Waals surface area contributed by atoms with E-state index in [0.29, 0.717) is 42.4 Å². The fourth-order valence-electron chi connectivity index (χ4n) is 4.05. The number of carbonyl (C=O) groups excluding carboxylic acids is 1. The van der Waals surface area contributed by atoms with E-state index in [1.807, 2.05) is 24.4 Å². The van der Waals surface area contributed by atoms with E-state index in [-0.39, 0.29) is 24.7 Å². The molecule has 0 unspecified atom stereocenters. The van der Waals surface area contributed by atoms with Crippen LogP contribution >= 0.6 is 12.4 Å². The summed E-state index contributed by atoms with van der Waals surface area (Å²) in [6.07, 6.45) is 7.34. The number of amides is 1. The van der Waals surface area contributed by atoms with Gasteiger partial charge in [0.1, 0.15) is 11.3 Å². The zero-order valence-corrected chi connectivity index (χ0v) is 20.4. The molecule has 1 saturated heterocycles. The number of fused-ring (bicyclic) bond motifs is 1. The van der Waals surface area contributed by atoms with Gasteiger partial charge in [-0.1, -0.05) is 24.0 Å². The number of rotatable bonds is 4. The number of benzene rings is 1. The summed E-state index contributed by atoms with van der Waals surface area (Å²) in [5.74, 6) is 6.03. The second kappa shape index (κ2) is 9.91. The second-order valence-corrected chi connectivity index (χ2v) is 8.46. The minimum atomic E-state index is -1.65. The Bertz CT molecular complexity index is 1510. The molecule has 1 aliphatic rings. The van der Waals surface area contributed by atoms with Crippen molar-refractivity contribution in [3.05, 3.63) is 54.6 Å². The van der Waals surface area contributed by atoms with Crippen molar-refractivity contribution in [3.8, 4) is 34.4 Å². The van der Waals surface area contributed by atoms with Gasteiger partial charge in [-0.05, 0) is 12.1 Å². The quantitative estimate of drug-likeness (QED) is 0.354. The molecular formula is C25H25ClN8O2. The molecule has 0 aliphatic carbocycles.